The molecule has 8 aliphatic rings. The lowest BCUT2D eigenvalue weighted by molar-refractivity contribution is 0.0683. The van der Waals surface area contributed by atoms with Gasteiger partial charge in [0.25, 0.3) is 5.91 Å². The number of anilines is 2. The van der Waals surface area contributed by atoms with E-state index in [0.29, 0.717) is 78.2 Å². The molecule has 416 valence electrons. The van der Waals surface area contributed by atoms with Gasteiger partial charge in [0.1, 0.15) is 11.4 Å². The molecule has 0 spiro atoms. The molecule has 4 fully saturated rings. The maximum Gasteiger partial charge on any atom is 0.354 e. The minimum atomic E-state index is -3.26. The summed E-state index contributed by atoms with van der Waals surface area (Å²) in [6.07, 6.45) is 15.5. The quantitative estimate of drug-likeness (QED) is 0.159. The van der Waals surface area contributed by atoms with Crippen LogP contribution in [-0.4, -0.2) is 146 Å². The van der Waals surface area contributed by atoms with E-state index in [1.807, 2.05) is 36.4 Å². The molecule has 2 aromatic heterocycles. The number of nitrogens with zero attached hydrogens (tertiary/aromatic N) is 11. The number of hydrogen-bond acceptors (Lipinski definition) is 13. The number of carbonyl (C=O) groups excluding carboxylic acids is 1. The number of carboxylic acid groups (broad SMARTS) is 1. The van der Waals surface area contributed by atoms with Crippen molar-refractivity contribution in [2.24, 2.45) is 33.9 Å². The number of benzene rings is 2. The van der Waals surface area contributed by atoms with E-state index in [-0.39, 0.29) is 35.5 Å². The summed E-state index contributed by atoms with van der Waals surface area (Å²) in [5, 5.41) is 27.7. The summed E-state index contributed by atoms with van der Waals surface area (Å²) in [6, 6.07) is 18.8. The van der Waals surface area contributed by atoms with Gasteiger partial charge >= 0.3 is 5.97 Å². The third kappa shape index (κ3) is 11.9. The summed E-state index contributed by atoms with van der Waals surface area (Å²) in [6.45, 7) is 18.7. The van der Waals surface area contributed by atoms with E-state index in [0.717, 1.165) is 84.1 Å². The van der Waals surface area contributed by atoms with Crippen LogP contribution < -0.4 is 15.3 Å². The number of carbonyl (C=O) groups is 2. The molecule has 4 atom stereocenters. The summed E-state index contributed by atoms with van der Waals surface area (Å²) in [5.74, 6) is 0.485. The number of sulfonamides is 2. The van der Waals surface area contributed by atoms with Crippen molar-refractivity contribution >= 4 is 89.3 Å². The monoisotopic (exact) mass is 1150 g/mol. The normalized spacial score (nSPS) is 23.3. The topological polar surface area (TPSA) is 210 Å². The van der Waals surface area contributed by atoms with E-state index in [1.54, 1.807) is 29.2 Å². The molecule has 19 nitrogen and oxygen atoms in total. The smallest absolute Gasteiger partial charge is 0.354 e. The second-order valence-electron chi connectivity index (χ2n) is 21.6. The van der Waals surface area contributed by atoms with Crippen molar-refractivity contribution < 1.29 is 31.5 Å². The van der Waals surface area contributed by atoms with Crippen LogP contribution >= 0.6 is 23.2 Å². The first-order valence-corrected chi connectivity index (χ1v) is 31.6. The summed E-state index contributed by atoms with van der Waals surface area (Å²) >= 11 is 12.8. The number of amides is 1. The van der Waals surface area contributed by atoms with E-state index in [9.17, 15) is 31.5 Å². The third-order valence-corrected chi connectivity index (χ3v) is 20.0. The number of pyridine rings is 2. The maximum atomic E-state index is 13.2. The van der Waals surface area contributed by atoms with Gasteiger partial charge in [0.05, 0.1) is 71.9 Å². The molecular weight excluding hydrogens is 1090 g/mol. The van der Waals surface area contributed by atoms with E-state index < -0.39 is 26.0 Å². The molecular formula is C56H64Cl2N12O7S2. The number of hydrogen-bond donors (Lipinski definition) is 2. The van der Waals surface area contributed by atoms with Crippen LogP contribution in [0.3, 0.4) is 0 Å². The number of aryl methyl sites for hydroxylation is 2. The van der Waals surface area contributed by atoms with Crippen LogP contribution in [0.15, 0.2) is 70.9 Å². The Kier molecular flexibility index (Phi) is 16.8. The number of aromatic nitrogens is 2. The van der Waals surface area contributed by atoms with Gasteiger partial charge in [0, 0.05) is 85.4 Å². The molecule has 2 saturated heterocycles. The lowest BCUT2D eigenvalue weighted by atomic mass is 9.76. The van der Waals surface area contributed by atoms with Crippen LogP contribution in [0.25, 0.3) is 9.69 Å². The Bertz CT molecular complexity index is 3400. The molecule has 23 heteroatoms. The van der Waals surface area contributed by atoms with Crippen LogP contribution in [0.1, 0.15) is 108 Å². The maximum absolute atomic E-state index is 13.2. The lowest BCUT2D eigenvalue weighted by Crippen LogP contribution is -2.50. The van der Waals surface area contributed by atoms with Crippen molar-refractivity contribution in [3.05, 3.63) is 127 Å². The van der Waals surface area contributed by atoms with E-state index in [2.05, 4.69) is 30.0 Å². The lowest BCUT2D eigenvalue weighted by Gasteiger charge is -2.34. The Balaban J connectivity index is 0.000000155. The van der Waals surface area contributed by atoms with Crippen LogP contribution in [0.2, 0.25) is 10.0 Å². The van der Waals surface area contributed by atoms with E-state index in [4.69, 9.17) is 51.5 Å². The van der Waals surface area contributed by atoms with Gasteiger partial charge in [-0.1, -0.05) is 61.0 Å². The molecule has 12 rings (SSSR count). The van der Waals surface area contributed by atoms with Crippen molar-refractivity contribution in [2.45, 2.75) is 89.1 Å². The number of nitrogens with one attached hydrogen (secondary N) is 1. The highest BCUT2D eigenvalue weighted by atomic mass is 35.5. The first-order chi connectivity index (χ1) is 37.9. The molecule has 2 aromatic carbocycles. The predicted octanol–water partition coefficient (Wildman–Crippen LogP) is 8.53. The molecule has 4 unspecified atom stereocenters. The Morgan fingerprint density at radius 3 is 1.44 bits per heavy atom. The van der Waals surface area contributed by atoms with Crippen molar-refractivity contribution in [3.8, 4) is 0 Å². The number of hydrazone groups is 2. The summed E-state index contributed by atoms with van der Waals surface area (Å²) in [5.41, 5.74) is 8.85. The van der Waals surface area contributed by atoms with Gasteiger partial charge < -0.3 is 15.3 Å². The molecule has 1 amide bonds. The van der Waals surface area contributed by atoms with Crippen molar-refractivity contribution in [1.29, 1.82) is 0 Å². The van der Waals surface area contributed by atoms with Gasteiger partial charge in [0.15, 0.2) is 0 Å². The van der Waals surface area contributed by atoms with Gasteiger partial charge in [-0.2, -0.15) is 18.8 Å². The highest BCUT2D eigenvalue weighted by Gasteiger charge is 2.48. The van der Waals surface area contributed by atoms with Crippen molar-refractivity contribution in [3.63, 3.8) is 0 Å². The Morgan fingerprint density at radius 2 is 1.04 bits per heavy atom. The number of aromatic carboxylic acids is 1. The summed E-state index contributed by atoms with van der Waals surface area (Å²) in [4.78, 5) is 42.4. The molecule has 79 heavy (non-hydrogen) atoms. The molecule has 4 aliphatic carbocycles. The molecule has 6 heterocycles. The Labute approximate surface area is 472 Å². The first kappa shape index (κ1) is 56.2. The largest absolute Gasteiger partial charge is 0.477 e. The number of fused-ring (bicyclic) bond motifs is 6. The minimum Gasteiger partial charge on any atom is -0.477 e. The standard InChI is InChI=1S/C28H31ClN6O3S.C23H21ClN4O2.C5H12N2O2S/c1-30-24-10-7-19(17-22(24)29)35-27(18-5-3-4-6-18)21-9-11-23-20(26(21)32-35)8-12-25(31-23)28(36)33-13-15-34(16-14-33)39(2,37)38;1-25-19-9-6-14(12-17(19)24)28-22(13-4-2-3-5-13)16-8-10-18-15(21(16)27-28)7-11-20(26-18)23(29)30;1-10(8,9)7-4-2-6-3-5-7/h7-8,10,12,17-18,21,27H,3-6,9,11,13-16H2,2H3;6-7,9,11-13,16,22H,2-5,8,10H2,(H,29,30);6H,2-5H2,1H3. The molecule has 2 N–H and O–H groups in total. The second kappa shape index (κ2) is 23.6. The van der Waals surface area contributed by atoms with Gasteiger partial charge in [-0.15, -0.1) is 0 Å². The van der Waals surface area contributed by atoms with Crippen LogP contribution in [0, 0.1) is 36.8 Å². The van der Waals surface area contributed by atoms with E-state index in [1.165, 1.54) is 72.5 Å². The average molecular weight is 1150 g/mol. The third-order valence-electron chi connectivity index (χ3n) is 16.8. The van der Waals surface area contributed by atoms with Crippen LogP contribution in [-0.2, 0) is 32.9 Å². The zero-order valence-corrected chi connectivity index (χ0v) is 47.4. The summed E-state index contributed by atoms with van der Waals surface area (Å²) < 4.78 is 48.3. The summed E-state index contributed by atoms with van der Waals surface area (Å²) in [7, 11) is -6.19. The fourth-order valence-corrected chi connectivity index (χ4v) is 15.0. The first-order valence-electron chi connectivity index (χ1n) is 27.2. The average Bonchev–Trinajstić information content (AvgIpc) is 4.49. The Morgan fingerprint density at radius 1 is 0.608 bits per heavy atom. The van der Waals surface area contributed by atoms with Gasteiger partial charge in [0.2, 0.25) is 31.4 Å². The fourth-order valence-electron chi connectivity index (χ4n) is 12.9. The fraction of sp³-hybridized carbons (Fsp3) is 0.500. The zero-order chi connectivity index (χ0) is 55.8. The van der Waals surface area contributed by atoms with Crippen LogP contribution in [0.4, 0.5) is 22.7 Å². The molecule has 2 saturated carbocycles. The second-order valence-corrected chi connectivity index (χ2v) is 26.3. The molecule has 4 aliphatic heterocycles. The zero-order valence-electron chi connectivity index (χ0n) is 44.3. The molecule has 0 radical (unpaired) electrons. The SMILES string of the molecule is CS(=O)(=O)N1CCNCC1.[C-]#[N+]c1ccc(N2N=C3c4ccc(C(=O)N5CCN(S(C)(=O)=O)CC5)nc4CCC3C2C2CCCC2)cc1Cl.[C-]#[N+]c1ccc(N2N=C3c4ccc(C(=O)O)nc4CCC3C2C2CCCC2)cc1Cl. The predicted molar refractivity (Wildman–Crippen MR) is 306 cm³/mol. The van der Waals surface area contributed by atoms with Crippen molar-refractivity contribution in [2.75, 3.05) is 74.9 Å². The Hall–Kier alpha value is -6.04. The van der Waals surface area contributed by atoms with Gasteiger partial charge in [-0.25, -0.2) is 41.3 Å². The molecule has 4 aromatic rings. The van der Waals surface area contributed by atoms with Gasteiger partial charge in [-0.05, 0) is 112 Å². The number of piperazine rings is 2. The highest BCUT2D eigenvalue weighted by molar-refractivity contribution is 7.88. The number of halogens is 2. The number of carboxylic acids is 1. The highest BCUT2D eigenvalue weighted by Crippen LogP contribution is 2.47. The number of rotatable bonds is 8. The minimum absolute atomic E-state index is 0.0801. The van der Waals surface area contributed by atoms with Crippen LogP contribution in [0.5, 0.6) is 0 Å². The van der Waals surface area contributed by atoms with Crippen molar-refractivity contribution in [1.82, 2.24) is 28.8 Å². The molecule has 0 bridgehead atoms. The van der Waals surface area contributed by atoms with Gasteiger partial charge in [-0.3, -0.25) is 14.8 Å². The van der Waals surface area contributed by atoms with E-state index >= 15 is 0 Å².